The lowest BCUT2D eigenvalue weighted by Gasteiger charge is -2.43. The number of pyridine rings is 1. The van der Waals surface area contributed by atoms with Crippen molar-refractivity contribution in [2.75, 3.05) is 31.1 Å². The zero-order chi connectivity index (χ0) is 14.8. The van der Waals surface area contributed by atoms with Crippen molar-refractivity contribution in [3.05, 3.63) is 24.1 Å². The number of nitrogens with two attached hydrogens (primary N) is 1. The van der Waals surface area contributed by atoms with Crippen molar-refractivity contribution in [1.29, 1.82) is 0 Å². The summed E-state index contributed by atoms with van der Waals surface area (Å²) in [6.07, 6.45) is 1.22. The van der Waals surface area contributed by atoms with Crippen LogP contribution in [0.15, 0.2) is 23.5 Å². The third-order valence-corrected chi connectivity index (χ3v) is 3.84. The van der Waals surface area contributed by atoms with Gasteiger partial charge in [-0.3, -0.25) is 4.90 Å². The minimum Gasteiger partial charge on any atom is -0.409 e. The van der Waals surface area contributed by atoms with Gasteiger partial charge in [0.25, 0.3) is 0 Å². The normalized spacial score (nSPS) is 18.4. The van der Waals surface area contributed by atoms with Gasteiger partial charge in [-0.1, -0.05) is 5.16 Å². The first-order valence-electron chi connectivity index (χ1n) is 6.54. The van der Waals surface area contributed by atoms with Crippen LogP contribution in [0.2, 0.25) is 0 Å². The quantitative estimate of drug-likeness (QED) is 0.372. The zero-order valence-electron chi connectivity index (χ0n) is 11.8. The highest BCUT2D eigenvalue weighted by atomic mass is 19.1. The van der Waals surface area contributed by atoms with Gasteiger partial charge in [-0.05, 0) is 26.0 Å². The Kier molecular flexibility index (Phi) is 4.08. The fourth-order valence-corrected chi connectivity index (χ4v) is 2.33. The highest BCUT2D eigenvalue weighted by Crippen LogP contribution is 2.20. The lowest BCUT2D eigenvalue weighted by Crippen LogP contribution is -2.59. The van der Waals surface area contributed by atoms with Crippen molar-refractivity contribution in [2.45, 2.75) is 19.4 Å². The molecule has 0 amide bonds. The lowest BCUT2D eigenvalue weighted by atomic mass is 10.0. The molecule has 1 aromatic heterocycles. The monoisotopic (exact) mass is 281 g/mol. The van der Waals surface area contributed by atoms with Crippen molar-refractivity contribution in [1.82, 2.24) is 9.88 Å². The van der Waals surface area contributed by atoms with Crippen LogP contribution in [0.4, 0.5) is 10.2 Å². The number of halogens is 1. The summed E-state index contributed by atoms with van der Waals surface area (Å²) >= 11 is 0. The van der Waals surface area contributed by atoms with Crippen molar-refractivity contribution in [3.63, 3.8) is 0 Å². The fourth-order valence-electron chi connectivity index (χ4n) is 2.33. The van der Waals surface area contributed by atoms with Gasteiger partial charge in [0.15, 0.2) is 5.84 Å². The minimum absolute atomic E-state index is 0.200. The molecule has 1 fully saturated rings. The second-order valence-corrected chi connectivity index (χ2v) is 5.35. The van der Waals surface area contributed by atoms with Crippen LogP contribution in [0.5, 0.6) is 0 Å². The minimum atomic E-state index is -0.489. The van der Waals surface area contributed by atoms with Gasteiger partial charge in [-0.25, -0.2) is 9.37 Å². The Morgan fingerprint density at radius 2 is 2.00 bits per heavy atom. The molecule has 0 aromatic carbocycles. The summed E-state index contributed by atoms with van der Waals surface area (Å²) in [5.41, 5.74) is 5.25. The summed E-state index contributed by atoms with van der Waals surface area (Å²) in [7, 11) is 0. The number of anilines is 1. The molecule has 1 aromatic rings. The Morgan fingerprint density at radius 3 is 2.50 bits per heavy atom. The summed E-state index contributed by atoms with van der Waals surface area (Å²) in [6.45, 7) is 6.91. The van der Waals surface area contributed by atoms with E-state index in [0.717, 1.165) is 32.0 Å². The highest BCUT2D eigenvalue weighted by molar-refractivity contribution is 5.88. The van der Waals surface area contributed by atoms with Crippen LogP contribution in [0.25, 0.3) is 0 Å². The summed E-state index contributed by atoms with van der Waals surface area (Å²) in [5.74, 6) is 0.638. The van der Waals surface area contributed by atoms with Crippen LogP contribution in [-0.4, -0.2) is 52.6 Å². The van der Waals surface area contributed by atoms with E-state index < -0.39 is 5.54 Å². The molecule has 2 heterocycles. The first-order valence-corrected chi connectivity index (χ1v) is 6.54. The van der Waals surface area contributed by atoms with E-state index in [1.807, 2.05) is 13.8 Å². The molecule has 0 unspecified atom stereocenters. The number of aromatic nitrogens is 1. The van der Waals surface area contributed by atoms with E-state index >= 15 is 0 Å². The maximum Gasteiger partial charge on any atom is 0.159 e. The second kappa shape index (κ2) is 5.62. The number of nitrogens with zero attached hydrogens (tertiary/aromatic N) is 4. The Balaban J connectivity index is 2.00. The molecule has 0 bridgehead atoms. The van der Waals surface area contributed by atoms with E-state index in [1.54, 1.807) is 6.07 Å². The van der Waals surface area contributed by atoms with E-state index in [1.165, 1.54) is 12.3 Å². The van der Waals surface area contributed by atoms with Gasteiger partial charge in [-0.2, -0.15) is 0 Å². The van der Waals surface area contributed by atoms with Crippen LogP contribution in [-0.2, 0) is 0 Å². The van der Waals surface area contributed by atoms with Crippen molar-refractivity contribution < 1.29 is 9.60 Å². The Morgan fingerprint density at radius 1 is 1.35 bits per heavy atom. The molecule has 0 saturated carbocycles. The third-order valence-electron chi connectivity index (χ3n) is 3.84. The smallest absolute Gasteiger partial charge is 0.159 e. The molecule has 6 nitrogen and oxygen atoms in total. The number of piperazine rings is 1. The largest absolute Gasteiger partial charge is 0.409 e. The van der Waals surface area contributed by atoms with Crippen molar-refractivity contribution in [3.8, 4) is 0 Å². The molecular formula is C13H20FN5O. The topological polar surface area (TPSA) is 78.0 Å². The molecule has 0 radical (unpaired) electrons. The van der Waals surface area contributed by atoms with E-state index in [2.05, 4.69) is 19.9 Å². The van der Waals surface area contributed by atoms with Gasteiger partial charge in [0, 0.05) is 26.2 Å². The van der Waals surface area contributed by atoms with Crippen LogP contribution >= 0.6 is 0 Å². The number of rotatable bonds is 3. The first kappa shape index (κ1) is 14.5. The average Bonchev–Trinajstić information content (AvgIpc) is 2.47. The molecule has 3 N–H and O–H groups in total. The van der Waals surface area contributed by atoms with Gasteiger partial charge < -0.3 is 15.8 Å². The summed E-state index contributed by atoms with van der Waals surface area (Å²) in [5, 5.41) is 11.9. The van der Waals surface area contributed by atoms with Gasteiger partial charge >= 0.3 is 0 Å². The number of hydrogen-bond acceptors (Lipinski definition) is 5. The zero-order valence-corrected chi connectivity index (χ0v) is 11.8. The van der Waals surface area contributed by atoms with Gasteiger partial charge in [0.05, 0.1) is 11.7 Å². The van der Waals surface area contributed by atoms with E-state index in [0.29, 0.717) is 0 Å². The predicted molar refractivity (Wildman–Crippen MR) is 75.5 cm³/mol. The summed E-state index contributed by atoms with van der Waals surface area (Å²) in [6, 6.07) is 3.09. The van der Waals surface area contributed by atoms with Crippen LogP contribution < -0.4 is 10.6 Å². The molecule has 110 valence electrons. The van der Waals surface area contributed by atoms with E-state index in [-0.39, 0.29) is 11.7 Å². The van der Waals surface area contributed by atoms with Crippen molar-refractivity contribution in [2.24, 2.45) is 10.9 Å². The van der Waals surface area contributed by atoms with Crippen LogP contribution in [0.3, 0.4) is 0 Å². The van der Waals surface area contributed by atoms with Crippen molar-refractivity contribution >= 4 is 11.7 Å². The summed E-state index contributed by atoms with van der Waals surface area (Å²) in [4.78, 5) is 8.33. The Bertz CT molecular complexity index is 480. The van der Waals surface area contributed by atoms with Gasteiger partial charge in [0.2, 0.25) is 0 Å². The number of amidine groups is 1. The number of oxime groups is 1. The highest BCUT2D eigenvalue weighted by Gasteiger charge is 2.33. The fraction of sp³-hybridized carbons (Fsp3) is 0.538. The molecular weight excluding hydrogens is 261 g/mol. The molecule has 1 aliphatic heterocycles. The summed E-state index contributed by atoms with van der Waals surface area (Å²) < 4.78 is 12.9. The SMILES string of the molecule is CC(C)(C(N)=NO)N1CCN(c2ccc(F)cn2)CC1. The molecule has 1 saturated heterocycles. The lowest BCUT2D eigenvalue weighted by molar-refractivity contribution is 0.161. The molecule has 20 heavy (non-hydrogen) atoms. The van der Waals surface area contributed by atoms with Crippen LogP contribution in [0.1, 0.15) is 13.8 Å². The molecule has 2 rings (SSSR count). The molecule has 0 aliphatic carbocycles. The van der Waals surface area contributed by atoms with Gasteiger partial charge in [0.1, 0.15) is 11.6 Å². The first-order chi connectivity index (χ1) is 9.45. The standard InChI is InChI=1S/C13H20FN5O/c1-13(2,12(15)17-20)19-7-5-18(6-8-19)11-4-3-10(14)9-16-11/h3-4,9,20H,5-8H2,1-2H3,(H2,15,17). The van der Waals surface area contributed by atoms with E-state index in [4.69, 9.17) is 10.9 Å². The molecule has 1 aliphatic rings. The maximum atomic E-state index is 12.9. The maximum absolute atomic E-state index is 12.9. The predicted octanol–water partition coefficient (Wildman–Crippen LogP) is 0.868. The van der Waals surface area contributed by atoms with Gasteiger partial charge in [-0.15, -0.1) is 0 Å². The third kappa shape index (κ3) is 2.82. The second-order valence-electron chi connectivity index (χ2n) is 5.35. The Labute approximate surface area is 117 Å². The molecule has 0 spiro atoms. The molecule has 7 heteroatoms. The van der Waals surface area contributed by atoms with Crippen LogP contribution in [0, 0.1) is 5.82 Å². The van der Waals surface area contributed by atoms with E-state index in [9.17, 15) is 4.39 Å². The molecule has 0 atom stereocenters. The Hall–Kier alpha value is -1.89. The number of hydrogen-bond donors (Lipinski definition) is 2. The average molecular weight is 281 g/mol.